The summed E-state index contributed by atoms with van der Waals surface area (Å²) in [5.74, 6) is 0.173. The molecular weight excluding hydrogens is 236 g/mol. The molecule has 0 aromatic carbocycles. The average Bonchev–Trinajstić information content (AvgIpc) is 2.39. The number of aromatic nitrogens is 2. The molecule has 2 heterocycles. The first-order chi connectivity index (χ1) is 8.63. The molecule has 0 spiro atoms. The molecule has 1 saturated heterocycles. The Morgan fingerprint density at radius 1 is 1.50 bits per heavy atom. The summed E-state index contributed by atoms with van der Waals surface area (Å²) in [4.78, 5) is 18.7. The van der Waals surface area contributed by atoms with E-state index in [-0.39, 0.29) is 11.4 Å². The van der Waals surface area contributed by atoms with Gasteiger partial charge in [0, 0.05) is 33.2 Å². The van der Waals surface area contributed by atoms with Crippen molar-refractivity contribution in [2.75, 3.05) is 20.3 Å². The second kappa shape index (κ2) is 5.07. The van der Waals surface area contributed by atoms with Gasteiger partial charge in [0.15, 0.2) is 0 Å². The molecule has 0 amide bonds. The van der Waals surface area contributed by atoms with E-state index in [2.05, 4.69) is 9.97 Å². The minimum Gasteiger partial charge on any atom is -0.493 e. The Bertz CT molecular complexity index is 477. The third-order valence-electron chi connectivity index (χ3n) is 3.47. The third kappa shape index (κ3) is 2.13. The quantitative estimate of drug-likeness (QED) is 0.829. The number of methoxy groups -OCH3 is 1. The highest BCUT2D eigenvalue weighted by molar-refractivity contribution is 5.24. The zero-order chi connectivity index (χ0) is 13.2. The Labute approximate surface area is 105 Å². The van der Waals surface area contributed by atoms with Crippen LogP contribution in [0.1, 0.15) is 31.2 Å². The summed E-state index contributed by atoms with van der Waals surface area (Å²) in [6, 6.07) is 0. The first-order valence-electron chi connectivity index (χ1n) is 6.08. The Balaban J connectivity index is 2.46. The highest BCUT2D eigenvalue weighted by atomic mass is 16.5. The van der Waals surface area contributed by atoms with Crippen LogP contribution in [-0.4, -0.2) is 35.4 Å². The summed E-state index contributed by atoms with van der Waals surface area (Å²) in [6.45, 7) is 2.90. The largest absolute Gasteiger partial charge is 0.493 e. The van der Waals surface area contributed by atoms with Crippen molar-refractivity contribution in [3.63, 3.8) is 0 Å². The van der Waals surface area contributed by atoms with Gasteiger partial charge in [0.1, 0.15) is 11.4 Å². The van der Waals surface area contributed by atoms with Crippen molar-refractivity contribution in [1.82, 2.24) is 9.97 Å². The van der Waals surface area contributed by atoms with E-state index in [0.29, 0.717) is 43.9 Å². The molecule has 1 aliphatic rings. The van der Waals surface area contributed by atoms with Gasteiger partial charge in [0.2, 0.25) is 5.88 Å². The summed E-state index contributed by atoms with van der Waals surface area (Å²) in [6.07, 6.45) is 1.66. The van der Waals surface area contributed by atoms with Crippen molar-refractivity contribution in [2.24, 2.45) is 0 Å². The molecule has 1 aromatic heterocycles. The lowest BCUT2D eigenvalue weighted by atomic mass is 9.93. The maximum absolute atomic E-state index is 11.9. The lowest BCUT2D eigenvalue weighted by Crippen LogP contribution is -2.39. The van der Waals surface area contributed by atoms with Crippen LogP contribution in [0.25, 0.3) is 0 Å². The van der Waals surface area contributed by atoms with E-state index in [1.807, 2.05) is 0 Å². The van der Waals surface area contributed by atoms with Crippen LogP contribution >= 0.6 is 0 Å². The summed E-state index contributed by atoms with van der Waals surface area (Å²) in [5.41, 5.74) is -0.666. The van der Waals surface area contributed by atoms with E-state index in [4.69, 9.17) is 9.47 Å². The number of H-pyrrole nitrogens is 1. The SMILES string of the molecule is CCc1c(O)nc(C2(OC)CCOCC2)[nH]c1=O. The smallest absolute Gasteiger partial charge is 0.258 e. The van der Waals surface area contributed by atoms with Gasteiger partial charge in [-0.1, -0.05) is 6.92 Å². The van der Waals surface area contributed by atoms with Crippen LogP contribution in [-0.2, 0) is 21.5 Å². The molecule has 6 nitrogen and oxygen atoms in total. The first-order valence-corrected chi connectivity index (χ1v) is 6.08. The number of aromatic amines is 1. The highest BCUT2D eigenvalue weighted by Gasteiger charge is 2.37. The number of aromatic hydroxyl groups is 1. The molecule has 0 saturated carbocycles. The van der Waals surface area contributed by atoms with Crippen LogP contribution < -0.4 is 5.56 Å². The second-order valence-electron chi connectivity index (χ2n) is 4.38. The monoisotopic (exact) mass is 254 g/mol. The van der Waals surface area contributed by atoms with Gasteiger partial charge in [-0.3, -0.25) is 4.79 Å². The van der Waals surface area contributed by atoms with Gasteiger partial charge in [0.05, 0.1) is 5.56 Å². The number of hydrogen-bond donors (Lipinski definition) is 2. The Kier molecular flexibility index (Phi) is 3.68. The number of ether oxygens (including phenoxy) is 2. The first kappa shape index (κ1) is 13.0. The van der Waals surface area contributed by atoms with E-state index in [1.54, 1.807) is 14.0 Å². The molecule has 100 valence electrons. The molecule has 0 bridgehead atoms. The molecule has 0 unspecified atom stereocenters. The zero-order valence-electron chi connectivity index (χ0n) is 10.7. The molecule has 0 atom stereocenters. The maximum Gasteiger partial charge on any atom is 0.258 e. The topological polar surface area (TPSA) is 84.4 Å². The molecule has 2 N–H and O–H groups in total. The Morgan fingerprint density at radius 2 is 2.17 bits per heavy atom. The Hall–Kier alpha value is -1.40. The lowest BCUT2D eigenvalue weighted by Gasteiger charge is -2.34. The fourth-order valence-electron chi connectivity index (χ4n) is 2.26. The third-order valence-corrected chi connectivity index (χ3v) is 3.47. The molecule has 1 fully saturated rings. The minimum atomic E-state index is -0.666. The number of nitrogens with zero attached hydrogens (tertiary/aromatic N) is 1. The number of rotatable bonds is 3. The van der Waals surface area contributed by atoms with E-state index in [9.17, 15) is 9.90 Å². The van der Waals surface area contributed by atoms with Crippen LogP contribution in [0.4, 0.5) is 0 Å². The fourth-order valence-corrected chi connectivity index (χ4v) is 2.26. The summed E-state index contributed by atoms with van der Waals surface area (Å²) in [7, 11) is 1.58. The molecular formula is C12H18N2O4. The van der Waals surface area contributed by atoms with Gasteiger partial charge < -0.3 is 19.6 Å². The average molecular weight is 254 g/mol. The van der Waals surface area contributed by atoms with Crippen molar-refractivity contribution in [2.45, 2.75) is 31.8 Å². The van der Waals surface area contributed by atoms with Crippen LogP contribution in [0.15, 0.2) is 4.79 Å². The van der Waals surface area contributed by atoms with Crippen molar-refractivity contribution < 1.29 is 14.6 Å². The van der Waals surface area contributed by atoms with E-state index >= 15 is 0 Å². The molecule has 0 radical (unpaired) electrons. The summed E-state index contributed by atoms with van der Waals surface area (Å²) >= 11 is 0. The van der Waals surface area contributed by atoms with Gasteiger partial charge >= 0.3 is 0 Å². The Morgan fingerprint density at radius 3 is 2.67 bits per heavy atom. The van der Waals surface area contributed by atoms with Gasteiger partial charge in [-0.2, -0.15) is 4.98 Å². The van der Waals surface area contributed by atoms with Crippen molar-refractivity contribution in [3.8, 4) is 5.88 Å². The number of nitrogens with one attached hydrogen (secondary N) is 1. The maximum atomic E-state index is 11.9. The highest BCUT2D eigenvalue weighted by Crippen LogP contribution is 2.33. The fraction of sp³-hybridized carbons (Fsp3) is 0.667. The summed E-state index contributed by atoms with van der Waals surface area (Å²) in [5, 5.41) is 9.79. The predicted molar refractivity (Wildman–Crippen MR) is 64.6 cm³/mol. The van der Waals surface area contributed by atoms with Crippen LogP contribution in [0, 0.1) is 0 Å². The van der Waals surface area contributed by atoms with Crippen molar-refractivity contribution >= 4 is 0 Å². The summed E-state index contributed by atoms with van der Waals surface area (Å²) < 4.78 is 10.8. The molecule has 2 rings (SSSR count). The zero-order valence-corrected chi connectivity index (χ0v) is 10.7. The van der Waals surface area contributed by atoms with Gasteiger partial charge in [-0.25, -0.2) is 0 Å². The predicted octanol–water partition coefficient (Wildman–Crippen LogP) is 0.690. The second-order valence-corrected chi connectivity index (χ2v) is 4.38. The lowest BCUT2D eigenvalue weighted by molar-refractivity contribution is -0.100. The van der Waals surface area contributed by atoms with Gasteiger partial charge in [-0.05, 0) is 6.42 Å². The molecule has 1 aromatic rings. The minimum absolute atomic E-state index is 0.209. The number of hydrogen-bond acceptors (Lipinski definition) is 5. The van der Waals surface area contributed by atoms with Crippen molar-refractivity contribution in [1.29, 1.82) is 0 Å². The van der Waals surface area contributed by atoms with Gasteiger partial charge in [0.25, 0.3) is 5.56 Å². The van der Waals surface area contributed by atoms with E-state index in [0.717, 1.165) is 0 Å². The molecule has 6 heteroatoms. The van der Waals surface area contributed by atoms with Crippen molar-refractivity contribution in [3.05, 3.63) is 21.7 Å². The van der Waals surface area contributed by atoms with Crippen LogP contribution in [0.3, 0.4) is 0 Å². The van der Waals surface area contributed by atoms with E-state index < -0.39 is 5.60 Å². The normalized spacial score (nSPS) is 18.8. The molecule has 18 heavy (non-hydrogen) atoms. The van der Waals surface area contributed by atoms with E-state index in [1.165, 1.54) is 0 Å². The molecule has 1 aliphatic heterocycles. The van der Waals surface area contributed by atoms with Crippen LogP contribution in [0.2, 0.25) is 0 Å². The standard InChI is InChI=1S/C12H18N2O4/c1-3-8-9(15)13-11(14-10(8)16)12(17-2)4-6-18-7-5-12/h3-7H2,1-2H3,(H2,13,14,15,16). The van der Waals surface area contributed by atoms with Crippen LogP contribution in [0.5, 0.6) is 5.88 Å². The molecule has 0 aliphatic carbocycles. The van der Waals surface area contributed by atoms with Gasteiger partial charge in [-0.15, -0.1) is 0 Å².